The number of anilines is 1. The van der Waals surface area contributed by atoms with Crippen LogP contribution in [0.1, 0.15) is 21.6 Å². The van der Waals surface area contributed by atoms with Gasteiger partial charge >= 0.3 is 0 Å². The number of carbonyl (C=O) groups is 1. The number of aromatic nitrogens is 1. The van der Waals surface area contributed by atoms with Crippen molar-refractivity contribution in [1.82, 2.24) is 14.8 Å². The SMILES string of the molecule is O=C(c1ccc2c(c1)CCN2)N1CCN(Cc2ccccn2)CC1. The van der Waals surface area contributed by atoms with Gasteiger partial charge in [0.1, 0.15) is 0 Å². The number of nitrogens with one attached hydrogen (secondary N) is 1. The van der Waals surface area contributed by atoms with Gasteiger partial charge in [0.25, 0.3) is 5.91 Å². The number of amides is 1. The van der Waals surface area contributed by atoms with Crippen molar-refractivity contribution in [2.24, 2.45) is 0 Å². The van der Waals surface area contributed by atoms with E-state index in [1.54, 1.807) is 0 Å². The molecule has 5 heteroatoms. The van der Waals surface area contributed by atoms with E-state index in [9.17, 15) is 4.79 Å². The number of piperazine rings is 1. The normalized spacial score (nSPS) is 17.4. The van der Waals surface area contributed by atoms with Crippen LogP contribution < -0.4 is 5.32 Å². The highest BCUT2D eigenvalue weighted by atomic mass is 16.2. The molecule has 2 aromatic rings. The summed E-state index contributed by atoms with van der Waals surface area (Å²) in [5, 5.41) is 3.34. The molecule has 1 N–H and O–H groups in total. The Morgan fingerprint density at radius 3 is 2.79 bits per heavy atom. The summed E-state index contributed by atoms with van der Waals surface area (Å²) in [6, 6.07) is 12.0. The second-order valence-electron chi connectivity index (χ2n) is 6.44. The molecule has 0 unspecified atom stereocenters. The maximum absolute atomic E-state index is 12.7. The Labute approximate surface area is 142 Å². The van der Waals surface area contributed by atoms with Crippen LogP contribution in [0.15, 0.2) is 42.6 Å². The van der Waals surface area contributed by atoms with Crippen LogP contribution in [0.5, 0.6) is 0 Å². The second kappa shape index (κ2) is 6.61. The number of benzene rings is 1. The molecule has 1 fully saturated rings. The third-order valence-corrected chi connectivity index (χ3v) is 4.83. The fraction of sp³-hybridized carbons (Fsp3) is 0.368. The van der Waals surface area contributed by atoms with Gasteiger partial charge < -0.3 is 10.2 Å². The predicted octanol–water partition coefficient (Wildman–Crippen LogP) is 2.01. The summed E-state index contributed by atoms with van der Waals surface area (Å²) in [7, 11) is 0. The lowest BCUT2D eigenvalue weighted by Gasteiger charge is -2.34. The first-order chi connectivity index (χ1) is 11.8. The van der Waals surface area contributed by atoms with Gasteiger partial charge in [-0.1, -0.05) is 6.07 Å². The van der Waals surface area contributed by atoms with Crippen molar-refractivity contribution in [3.63, 3.8) is 0 Å². The van der Waals surface area contributed by atoms with Gasteiger partial charge in [0.05, 0.1) is 5.69 Å². The third kappa shape index (κ3) is 3.12. The van der Waals surface area contributed by atoms with Crippen LogP contribution >= 0.6 is 0 Å². The lowest BCUT2D eigenvalue weighted by Crippen LogP contribution is -2.48. The first-order valence-electron chi connectivity index (χ1n) is 8.58. The first kappa shape index (κ1) is 15.1. The van der Waals surface area contributed by atoms with Gasteiger partial charge in [0, 0.05) is 56.7 Å². The Balaban J connectivity index is 1.36. The Morgan fingerprint density at radius 2 is 2.00 bits per heavy atom. The summed E-state index contributed by atoms with van der Waals surface area (Å²) in [4.78, 5) is 21.4. The van der Waals surface area contributed by atoms with Crippen molar-refractivity contribution in [2.75, 3.05) is 38.0 Å². The number of fused-ring (bicyclic) bond motifs is 1. The molecule has 3 heterocycles. The maximum Gasteiger partial charge on any atom is 0.253 e. The maximum atomic E-state index is 12.7. The summed E-state index contributed by atoms with van der Waals surface area (Å²) in [5.74, 6) is 0.155. The van der Waals surface area contributed by atoms with Crippen LogP contribution in [-0.2, 0) is 13.0 Å². The summed E-state index contributed by atoms with van der Waals surface area (Å²) in [6.45, 7) is 5.18. The highest BCUT2D eigenvalue weighted by molar-refractivity contribution is 5.95. The minimum atomic E-state index is 0.155. The average molecular weight is 322 g/mol. The Hall–Kier alpha value is -2.40. The number of pyridine rings is 1. The van der Waals surface area contributed by atoms with Crippen LogP contribution in [0.2, 0.25) is 0 Å². The van der Waals surface area contributed by atoms with E-state index in [0.29, 0.717) is 0 Å². The van der Waals surface area contributed by atoms with Gasteiger partial charge in [-0.25, -0.2) is 0 Å². The molecule has 0 spiro atoms. The predicted molar refractivity (Wildman–Crippen MR) is 94.1 cm³/mol. The Kier molecular flexibility index (Phi) is 4.17. The topological polar surface area (TPSA) is 48.5 Å². The highest BCUT2D eigenvalue weighted by Gasteiger charge is 2.23. The molecule has 0 atom stereocenters. The van der Waals surface area contributed by atoms with Crippen LogP contribution in [-0.4, -0.2) is 53.4 Å². The molecule has 24 heavy (non-hydrogen) atoms. The number of carbonyl (C=O) groups excluding carboxylic acids is 1. The number of hydrogen-bond donors (Lipinski definition) is 1. The van der Waals surface area contributed by atoms with Crippen molar-refractivity contribution >= 4 is 11.6 Å². The van der Waals surface area contributed by atoms with E-state index in [2.05, 4.69) is 27.3 Å². The smallest absolute Gasteiger partial charge is 0.253 e. The summed E-state index contributed by atoms with van der Waals surface area (Å²) in [6.07, 6.45) is 2.84. The van der Waals surface area contributed by atoms with Gasteiger partial charge in [-0.15, -0.1) is 0 Å². The van der Waals surface area contributed by atoms with E-state index in [1.807, 2.05) is 35.4 Å². The molecule has 1 aromatic carbocycles. The molecule has 0 aliphatic carbocycles. The van der Waals surface area contributed by atoms with Crippen molar-refractivity contribution in [2.45, 2.75) is 13.0 Å². The van der Waals surface area contributed by atoms with Crippen LogP contribution in [0.25, 0.3) is 0 Å². The molecule has 0 saturated carbocycles. The monoisotopic (exact) mass is 322 g/mol. The Morgan fingerprint density at radius 1 is 1.12 bits per heavy atom. The standard InChI is InChI=1S/C19H22N4O/c24-19(16-4-5-18-15(13-16)6-8-21-18)23-11-9-22(10-12-23)14-17-3-1-2-7-20-17/h1-5,7,13,21H,6,8-12,14H2. The molecule has 0 bridgehead atoms. The molecular formula is C19H22N4O. The second-order valence-corrected chi connectivity index (χ2v) is 6.44. The quantitative estimate of drug-likeness (QED) is 0.939. The zero-order valence-electron chi connectivity index (χ0n) is 13.7. The van der Waals surface area contributed by atoms with Gasteiger partial charge in [-0.2, -0.15) is 0 Å². The van der Waals surface area contributed by atoms with Crippen LogP contribution in [0.3, 0.4) is 0 Å². The van der Waals surface area contributed by atoms with Crippen molar-refractivity contribution < 1.29 is 4.79 Å². The molecule has 4 rings (SSSR count). The molecule has 2 aliphatic rings. The minimum absolute atomic E-state index is 0.155. The Bertz CT molecular complexity index is 723. The minimum Gasteiger partial charge on any atom is -0.384 e. The van der Waals surface area contributed by atoms with Gasteiger partial charge in [0.15, 0.2) is 0 Å². The van der Waals surface area contributed by atoms with Gasteiger partial charge in [0.2, 0.25) is 0 Å². The van der Waals surface area contributed by atoms with Gasteiger partial charge in [-0.3, -0.25) is 14.7 Å². The van der Waals surface area contributed by atoms with E-state index in [-0.39, 0.29) is 5.91 Å². The van der Waals surface area contributed by atoms with Crippen molar-refractivity contribution in [3.8, 4) is 0 Å². The van der Waals surface area contributed by atoms with Crippen molar-refractivity contribution in [3.05, 3.63) is 59.4 Å². The van der Waals surface area contributed by atoms with Crippen molar-refractivity contribution in [1.29, 1.82) is 0 Å². The summed E-state index contributed by atoms with van der Waals surface area (Å²) >= 11 is 0. The molecule has 5 nitrogen and oxygen atoms in total. The first-order valence-corrected chi connectivity index (χ1v) is 8.58. The average Bonchev–Trinajstić information content (AvgIpc) is 3.10. The zero-order chi connectivity index (χ0) is 16.4. The third-order valence-electron chi connectivity index (χ3n) is 4.83. The molecule has 124 valence electrons. The number of nitrogens with zero attached hydrogens (tertiary/aromatic N) is 3. The lowest BCUT2D eigenvalue weighted by molar-refractivity contribution is 0.0627. The van der Waals surface area contributed by atoms with Crippen LogP contribution in [0, 0.1) is 0 Å². The molecule has 2 aliphatic heterocycles. The molecule has 1 saturated heterocycles. The van der Waals surface area contributed by atoms with E-state index in [4.69, 9.17) is 0 Å². The molecule has 1 amide bonds. The lowest BCUT2D eigenvalue weighted by atomic mass is 10.1. The fourth-order valence-corrected chi connectivity index (χ4v) is 3.45. The zero-order valence-corrected chi connectivity index (χ0v) is 13.7. The summed E-state index contributed by atoms with van der Waals surface area (Å²) in [5.41, 5.74) is 4.33. The van der Waals surface area contributed by atoms with E-state index >= 15 is 0 Å². The van der Waals surface area contributed by atoms with E-state index in [1.165, 1.54) is 11.3 Å². The number of rotatable bonds is 3. The largest absolute Gasteiger partial charge is 0.384 e. The van der Waals surface area contributed by atoms with E-state index < -0.39 is 0 Å². The number of hydrogen-bond acceptors (Lipinski definition) is 4. The molecule has 1 aromatic heterocycles. The van der Waals surface area contributed by atoms with Crippen LogP contribution in [0.4, 0.5) is 5.69 Å². The molecule has 0 radical (unpaired) electrons. The summed E-state index contributed by atoms with van der Waals surface area (Å²) < 4.78 is 0. The fourth-order valence-electron chi connectivity index (χ4n) is 3.45. The van der Waals surface area contributed by atoms with Gasteiger partial charge in [-0.05, 0) is 42.3 Å². The highest BCUT2D eigenvalue weighted by Crippen LogP contribution is 2.24. The molecular weight excluding hydrogens is 300 g/mol. The van der Waals surface area contributed by atoms with E-state index in [0.717, 1.165) is 56.9 Å².